The third kappa shape index (κ3) is 1.52. The number of aryl methyl sites for hydroxylation is 1. The van der Waals surface area contributed by atoms with Crippen LogP contribution in [-0.4, -0.2) is 16.3 Å². The molecule has 1 aromatic heterocycles. The van der Waals surface area contributed by atoms with Gasteiger partial charge in [-0.05, 0) is 43.5 Å². The smallest absolute Gasteiger partial charge is 0.0734 e. The number of rotatable bonds is 3. The molecule has 2 aromatic rings. The van der Waals surface area contributed by atoms with E-state index in [1.807, 2.05) is 11.7 Å². The van der Waals surface area contributed by atoms with Crippen molar-refractivity contribution >= 4 is 10.9 Å². The lowest BCUT2D eigenvalue weighted by molar-refractivity contribution is 0.767. The molecular formula is C13H17N3. The Bertz CT molecular complexity index is 523. The normalized spacial score (nSPS) is 15.9. The van der Waals surface area contributed by atoms with E-state index in [4.69, 9.17) is 5.73 Å². The molecule has 0 aliphatic heterocycles. The van der Waals surface area contributed by atoms with Gasteiger partial charge in [0.1, 0.15) is 0 Å². The lowest BCUT2D eigenvalue weighted by Gasteiger charge is -2.00. The molecule has 3 heteroatoms. The van der Waals surface area contributed by atoms with E-state index in [0.29, 0.717) is 12.5 Å². The van der Waals surface area contributed by atoms with Crippen LogP contribution >= 0.6 is 0 Å². The van der Waals surface area contributed by atoms with Crippen molar-refractivity contribution in [3.05, 3.63) is 29.5 Å². The van der Waals surface area contributed by atoms with Crippen LogP contribution in [0.15, 0.2) is 18.2 Å². The van der Waals surface area contributed by atoms with E-state index in [1.165, 1.54) is 35.0 Å². The number of hydrogen-bond donors (Lipinski definition) is 1. The third-order valence-corrected chi connectivity index (χ3v) is 3.34. The highest BCUT2D eigenvalue weighted by Gasteiger charge is 2.28. The molecule has 1 aliphatic carbocycles. The number of nitrogens with zero attached hydrogens (tertiary/aromatic N) is 2. The Morgan fingerprint density at radius 1 is 1.44 bits per heavy atom. The molecule has 3 nitrogen and oxygen atoms in total. The second-order valence-electron chi connectivity index (χ2n) is 4.67. The van der Waals surface area contributed by atoms with Gasteiger partial charge in [-0.25, -0.2) is 0 Å². The van der Waals surface area contributed by atoms with Crippen LogP contribution in [0.4, 0.5) is 0 Å². The highest BCUT2D eigenvalue weighted by Crippen LogP contribution is 2.42. The largest absolute Gasteiger partial charge is 0.330 e. The quantitative estimate of drug-likeness (QED) is 0.850. The Labute approximate surface area is 95.2 Å². The van der Waals surface area contributed by atoms with Gasteiger partial charge in [0.25, 0.3) is 0 Å². The van der Waals surface area contributed by atoms with Gasteiger partial charge in [0.2, 0.25) is 0 Å². The van der Waals surface area contributed by atoms with Gasteiger partial charge in [0, 0.05) is 18.4 Å². The number of nitrogens with two attached hydrogens (primary N) is 1. The van der Waals surface area contributed by atoms with Gasteiger partial charge in [-0.15, -0.1) is 0 Å². The summed E-state index contributed by atoms with van der Waals surface area (Å²) in [5.74, 6) is 0.705. The standard InChI is InChI=1S/C13H17N3/c1-16-12-5-2-9(6-7-14)8-11(12)13(15-16)10-3-4-10/h2,5,8,10H,3-4,6-7,14H2,1H3. The second-order valence-corrected chi connectivity index (χ2v) is 4.67. The zero-order chi connectivity index (χ0) is 11.1. The first-order valence-electron chi connectivity index (χ1n) is 5.95. The minimum atomic E-state index is 0.705. The summed E-state index contributed by atoms with van der Waals surface area (Å²) >= 11 is 0. The fourth-order valence-electron chi connectivity index (χ4n) is 2.32. The zero-order valence-corrected chi connectivity index (χ0v) is 9.61. The van der Waals surface area contributed by atoms with Gasteiger partial charge in [-0.2, -0.15) is 5.10 Å². The Balaban J connectivity index is 2.15. The average Bonchev–Trinajstić information content (AvgIpc) is 3.06. The minimum Gasteiger partial charge on any atom is -0.330 e. The maximum Gasteiger partial charge on any atom is 0.0734 e. The molecule has 0 amide bonds. The summed E-state index contributed by atoms with van der Waals surface area (Å²) in [6, 6.07) is 6.59. The van der Waals surface area contributed by atoms with Crippen LogP contribution in [0.1, 0.15) is 30.0 Å². The number of hydrogen-bond acceptors (Lipinski definition) is 2. The Kier molecular flexibility index (Phi) is 2.21. The van der Waals surface area contributed by atoms with Crippen LogP contribution < -0.4 is 5.73 Å². The van der Waals surface area contributed by atoms with E-state index in [0.717, 1.165) is 6.42 Å². The first-order chi connectivity index (χ1) is 7.79. The number of aromatic nitrogens is 2. The van der Waals surface area contributed by atoms with Gasteiger partial charge in [-0.3, -0.25) is 4.68 Å². The van der Waals surface area contributed by atoms with Crippen molar-refractivity contribution in [2.75, 3.05) is 6.54 Å². The Hall–Kier alpha value is -1.35. The maximum atomic E-state index is 5.60. The molecule has 0 radical (unpaired) electrons. The molecule has 16 heavy (non-hydrogen) atoms. The van der Waals surface area contributed by atoms with E-state index in [2.05, 4.69) is 23.3 Å². The zero-order valence-electron chi connectivity index (χ0n) is 9.61. The number of benzene rings is 1. The van der Waals surface area contributed by atoms with E-state index >= 15 is 0 Å². The second kappa shape index (κ2) is 3.59. The molecule has 1 heterocycles. The third-order valence-electron chi connectivity index (χ3n) is 3.34. The molecule has 0 bridgehead atoms. The SMILES string of the molecule is Cn1nc(C2CC2)c2cc(CCN)ccc21. The summed E-state index contributed by atoms with van der Waals surface area (Å²) in [5.41, 5.74) is 9.45. The first kappa shape index (κ1) is 9.85. The molecule has 3 rings (SSSR count). The molecule has 1 saturated carbocycles. The van der Waals surface area contributed by atoms with Crippen molar-refractivity contribution in [1.82, 2.24) is 9.78 Å². The van der Waals surface area contributed by atoms with E-state index in [1.54, 1.807) is 0 Å². The van der Waals surface area contributed by atoms with Crippen molar-refractivity contribution < 1.29 is 0 Å². The molecule has 84 valence electrons. The van der Waals surface area contributed by atoms with Crippen molar-refractivity contribution in [2.24, 2.45) is 12.8 Å². The van der Waals surface area contributed by atoms with Crippen LogP contribution in [0.25, 0.3) is 10.9 Å². The predicted molar refractivity (Wildman–Crippen MR) is 65.4 cm³/mol. The Morgan fingerprint density at radius 3 is 2.94 bits per heavy atom. The Morgan fingerprint density at radius 2 is 2.25 bits per heavy atom. The monoisotopic (exact) mass is 215 g/mol. The van der Waals surface area contributed by atoms with Crippen molar-refractivity contribution in [2.45, 2.75) is 25.2 Å². The summed E-state index contributed by atoms with van der Waals surface area (Å²) in [7, 11) is 2.02. The fourth-order valence-corrected chi connectivity index (χ4v) is 2.32. The summed E-state index contributed by atoms with van der Waals surface area (Å²) in [6.07, 6.45) is 3.55. The van der Waals surface area contributed by atoms with Crippen LogP contribution in [0.5, 0.6) is 0 Å². The van der Waals surface area contributed by atoms with Crippen LogP contribution in [0.3, 0.4) is 0 Å². The lowest BCUT2D eigenvalue weighted by Crippen LogP contribution is -2.02. The topological polar surface area (TPSA) is 43.8 Å². The van der Waals surface area contributed by atoms with E-state index in [9.17, 15) is 0 Å². The van der Waals surface area contributed by atoms with Gasteiger partial charge in [0.05, 0.1) is 11.2 Å². The molecule has 1 aliphatic rings. The fraction of sp³-hybridized carbons (Fsp3) is 0.462. The minimum absolute atomic E-state index is 0.705. The molecule has 0 spiro atoms. The number of fused-ring (bicyclic) bond motifs is 1. The van der Waals surface area contributed by atoms with Gasteiger partial charge < -0.3 is 5.73 Å². The molecule has 0 unspecified atom stereocenters. The van der Waals surface area contributed by atoms with Crippen LogP contribution in [0.2, 0.25) is 0 Å². The highest BCUT2D eigenvalue weighted by molar-refractivity contribution is 5.83. The molecular weight excluding hydrogens is 198 g/mol. The van der Waals surface area contributed by atoms with Gasteiger partial charge >= 0.3 is 0 Å². The summed E-state index contributed by atoms with van der Waals surface area (Å²) < 4.78 is 2.00. The highest BCUT2D eigenvalue weighted by atomic mass is 15.3. The van der Waals surface area contributed by atoms with E-state index in [-0.39, 0.29) is 0 Å². The predicted octanol–water partition coefficient (Wildman–Crippen LogP) is 1.95. The summed E-state index contributed by atoms with van der Waals surface area (Å²) in [6.45, 7) is 0.713. The molecule has 0 atom stereocenters. The van der Waals surface area contributed by atoms with Crippen LogP contribution in [-0.2, 0) is 13.5 Å². The molecule has 1 aromatic carbocycles. The maximum absolute atomic E-state index is 5.60. The van der Waals surface area contributed by atoms with Crippen molar-refractivity contribution in [1.29, 1.82) is 0 Å². The lowest BCUT2D eigenvalue weighted by atomic mass is 10.1. The summed E-state index contributed by atoms with van der Waals surface area (Å²) in [4.78, 5) is 0. The van der Waals surface area contributed by atoms with Gasteiger partial charge in [0.15, 0.2) is 0 Å². The average molecular weight is 215 g/mol. The first-order valence-corrected chi connectivity index (χ1v) is 5.95. The summed E-state index contributed by atoms with van der Waals surface area (Å²) in [5, 5.41) is 5.97. The molecule has 0 saturated heterocycles. The van der Waals surface area contributed by atoms with Gasteiger partial charge in [-0.1, -0.05) is 6.07 Å². The molecule has 2 N–H and O–H groups in total. The van der Waals surface area contributed by atoms with Crippen LogP contribution in [0, 0.1) is 0 Å². The van der Waals surface area contributed by atoms with Crippen molar-refractivity contribution in [3.8, 4) is 0 Å². The van der Waals surface area contributed by atoms with Crippen molar-refractivity contribution in [3.63, 3.8) is 0 Å². The molecule has 1 fully saturated rings. The van der Waals surface area contributed by atoms with E-state index < -0.39 is 0 Å².